The van der Waals surface area contributed by atoms with Gasteiger partial charge in [-0.05, 0) is 43.8 Å². The molecule has 2 heterocycles. The van der Waals surface area contributed by atoms with Crippen LogP contribution in [0.4, 0.5) is 0 Å². The van der Waals surface area contributed by atoms with E-state index in [2.05, 4.69) is 5.32 Å². The molecule has 1 fully saturated rings. The lowest BCUT2D eigenvalue weighted by Crippen LogP contribution is -2.43. The summed E-state index contributed by atoms with van der Waals surface area (Å²) in [6, 6.07) is 0.335. The number of carbonyl (C=O) groups excluding carboxylic acids is 1. The van der Waals surface area contributed by atoms with Crippen molar-refractivity contribution in [3.05, 3.63) is 20.8 Å². The molecule has 0 bridgehead atoms. The van der Waals surface area contributed by atoms with Crippen LogP contribution in [0.2, 0.25) is 5.02 Å². The van der Waals surface area contributed by atoms with Crippen molar-refractivity contribution in [3.63, 3.8) is 0 Å². The highest BCUT2D eigenvalue weighted by molar-refractivity contribution is 7.13. The van der Waals surface area contributed by atoms with Gasteiger partial charge in [-0.2, -0.15) is 0 Å². The van der Waals surface area contributed by atoms with E-state index in [1.54, 1.807) is 0 Å². The van der Waals surface area contributed by atoms with Gasteiger partial charge in [0, 0.05) is 13.1 Å². The molecule has 1 aromatic heterocycles. The summed E-state index contributed by atoms with van der Waals surface area (Å²) >= 11 is 7.58. The molecule has 0 aromatic carbocycles. The first-order valence-electron chi connectivity index (χ1n) is 5.82. The quantitative estimate of drug-likeness (QED) is 0.911. The van der Waals surface area contributed by atoms with E-state index in [9.17, 15) is 4.79 Å². The second kappa shape index (κ2) is 6.75. The van der Waals surface area contributed by atoms with Crippen LogP contribution in [0.25, 0.3) is 0 Å². The van der Waals surface area contributed by atoms with Crippen LogP contribution in [0.5, 0.6) is 0 Å². The molecule has 18 heavy (non-hydrogen) atoms. The molecule has 0 radical (unpaired) electrons. The van der Waals surface area contributed by atoms with Gasteiger partial charge in [0.2, 0.25) is 0 Å². The zero-order valence-electron chi connectivity index (χ0n) is 10.5. The Morgan fingerprint density at radius 3 is 2.61 bits per heavy atom. The van der Waals surface area contributed by atoms with E-state index in [0.29, 0.717) is 15.9 Å². The van der Waals surface area contributed by atoms with Gasteiger partial charge >= 0.3 is 0 Å². The highest BCUT2D eigenvalue weighted by Gasteiger charge is 2.25. The maximum absolute atomic E-state index is 12.3. The van der Waals surface area contributed by atoms with E-state index in [1.807, 2.05) is 24.3 Å². The summed E-state index contributed by atoms with van der Waals surface area (Å²) in [5.74, 6) is 0.0556. The molecule has 2 rings (SSSR count). The predicted molar refractivity (Wildman–Crippen MR) is 79.3 cm³/mol. The molecule has 0 unspecified atom stereocenters. The normalized spacial score (nSPS) is 16.2. The first-order valence-corrected chi connectivity index (χ1v) is 7.08. The summed E-state index contributed by atoms with van der Waals surface area (Å²) in [7, 11) is 1.88. The molecule has 3 nitrogen and oxygen atoms in total. The summed E-state index contributed by atoms with van der Waals surface area (Å²) in [5, 5.41) is 5.85. The largest absolute Gasteiger partial charge is 0.338 e. The number of aryl methyl sites for hydroxylation is 1. The molecule has 102 valence electrons. The van der Waals surface area contributed by atoms with E-state index in [0.717, 1.165) is 31.5 Å². The number of piperidine rings is 1. The van der Waals surface area contributed by atoms with Crippen molar-refractivity contribution in [1.29, 1.82) is 0 Å². The number of hydrogen-bond donors (Lipinski definition) is 1. The van der Waals surface area contributed by atoms with E-state index in [-0.39, 0.29) is 18.3 Å². The van der Waals surface area contributed by atoms with Crippen molar-refractivity contribution in [2.24, 2.45) is 0 Å². The van der Waals surface area contributed by atoms with Crippen LogP contribution in [0.1, 0.15) is 28.1 Å². The van der Waals surface area contributed by atoms with Crippen LogP contribution in [0.15, 0.2) is 5.38 Å². The van der Waals surface area contributed by atoms with Gasteiger partial charge in [-0.15, -0.1) is 23.7 Å². The van der Waals surface area contributed by atoms with E-state index >= 15 is 0 Å². The molecular formula is C12H18Cl2N2OS. The van der Waals surface area contributed by atoms with Gasteiger partial charge in [-0.3, -0.25) is 4.79 Å². The van der Waals surface area contributed by atoms with Crippen molar-refractivity contribution >= 4 is 41.3 Å². The number of rotatable bonds is 2. The molecule has 0 spiro atoms. The van der Waals surface area contributed by atoms with Gasteiger partial charge in [0.05, 0.1) is 5.02 Å². The lowest BCUT2D eigenvalue weighted by Gasteiger charge is -2.31. The fraction of sp³-hybridized carbons (Fsp3) is 0.583. The van der Waals surface area contributed by atoms with E-state index in [4.69, 9.17) is 11.6 Å². The van der Waals surface area contributed by atoms with Crippen LogP contribution >= 0.6 is 35.3 Å². The number of hydrogen-bond acceptors (Lipinski definition) is 3. The highest BCUT2D eigenvalue weighted by atomic mass is 35.5. The minimum atomic E-state index is 0. The Hall–Kier alpha value is -0.290. The topological polar surface area (TPSA) is 32.3 Å². The molecule has 1 aromatic rings. The van der Waals surface area contributed by atoms with Gasteiger partial charge in [-0.25, -0.2) is 0 Å². The maximum Gasteiger partial charge on any atom is 0.265 e. The molecule has 1 amide bonds. The van der Waals surface area contributed by atoms with Crippen LogP contribution in [0, 0.1) is 6.92 Å². The van der Waals surface area contributed by atoms with E-state index in [1.165, 1.54) is 11.3 Å². The number of thiophene rings is 1. The lowest BCUT2D eigenvalue weighted by atomic mass is 10.1. The first kappa shape index (κ1) is 15.8. The number of halogens is 2. The third kappa shape index (κ3) is 3.18. The van der Waals surface area contributed by atoms with Crippen LogP contribution in [-0.4, -0.2) is 37.0 Å². The third-order valence-electron chi connectivity index (χ3n) is 3.27. The second-order valence-corrected chi connectivity index (χ2v) is 5.72. The summed E-state index contributed by atoms with van der Waals surface area (Å²) in [5.41, 5.74) is 0.985. The summed E-state index contributed by atoms with van der Waals surface area (Å²) in [4.78, 5) is 14.8. The van der Waals surface area contributed by atoms with Crippen molar-refractivity contribution < 1.29 is 4.79 Å². The highest BCUT2D eigenvalue weighted by Crippen LogP contribution is 2.29. The lowest BCUT2D eigenvalue weighted by molar-refractivity contribution is 0.0708. The standard InChI is InChI=1S/C12H17ClN2OS.ClH/c1-8-7-17-11(10(8)13)12(16)15(2)9-3-5-14-6-4-9;/h7,9,14H,3-6H2,1-2H3;1H. The minimum Gasteiger partial charge on any atom is -0.338 e. The fourth-order valence-corrected chi connectivity index (χ4v) is 3.35. The van der Waals surface area contributed by atoms with Crippen LogP contribution < -0.4 is 5.32 Å². The average Bonchev–Trinajstić information content (AvgIpc) is 2.69. The average molecular weight is 309 g/mol. The van der Waals surface area contributed by atoms with Crippen molar-refractivity contribution in [3.8, 4) is 0 Å². The maximum atomic E-state index is 12.3. The molecule has 1 saturated heterocycles. The molecule has 0 saturated carbocycles. The van der Waals surface area contributed by atoms with Crippen LogP contribution in [-0.2, 0) is 0 Å². The Kier molecular flexibility index (Phi) is 5.92. The second-order valence-electron chi connectivity index (χ2n) is 4.46. The minimum absolute atomic E-state index is 0. The summed E-state index contributed by atoms with van der Waals surface area (Å²) in [6.07, 6.45) is 2.04. The molecular weight excluding hydrogens is 291 g/mol. The van der Waals surface area contributed by atoms with Crippen molar-refractivity contribution in [2.45, 2.75) is 25.8 Å². The smallest absolute Gasteiger partial charge is 0.265 e. The molecule has 1 N–H and O–H groups in total. The predicted octanol–water partition coefficient (Wildman–Crippen LogP) is 2.96. The Bertz CT molecular complexity index is 416. The molecule has 6 heteroatoms. The monoisotopic (exact) mass is 308 g/mol. The van der Waals surface area contributed by atoms with Crippen molar-refractivity contribution in [2.75, 3.05) is 20.1 Å². The van der Waals surface area contributed by atoms with Crippen LogP contribution in [0.3, 0.4) is 0 Å². The number of amides is 1. The molecule has 0 atom stereocenters. The molecule has 1 aliphatic heterocycles. The number of nitrogens with one attached hydrogen (secondary N) is 1. The summed E-state index contributed by atoms with van der Waals surface area (Å²) < 4.78 is 0. The zero-order valence-corrected chi connectivity index (χ0v) is 12.9. The Balaban J connectivity index is 0.00000162. The number of nitrogens with zero attached hydrogens (tertiary/aromatic N) is 1. The third-order valence-corrected chi connectivity index (χ3v) is 4.96. The number of carbonyl (C=O) groups is 1. The molecule has 0 aliphatic carbocycles. The first-order chi connectivity index (χ1) is 8.11. The van der Waals surface area contributed by atoms with E-state index < -0.39 is 0 Å². The fourth-order valence-electron chi connectivity index (χ4n) is 2.09. The Labute approximate surface area is 123 Å². The Morgan fingerprint density at radius 1 is 1.50 bits per heavy atom. The van der Waals surface area contributed by atoms with Gasteiger partial charge in [0.15, 0.2) is 0 Å². The van der Waals surface area contributed by atoms with Gasteiger partial charge in [0.1, 0.15) is 4.88 Å². The molecule has 1 aliphatic rings. The Morgan fingerprint density at radius 2 is 2.11 bits per heavy atom. The zero-order chi connectivity index (χ0) is 12.4. The summed E-state index contributed by atoms with van der Waals surface area (Å²) in [6.45, 7) is 3.90. The SMILES string of the molecule is Cc1csc(C(=O)N(C)C2CCNCC2)c1Cl.Cl. The van der Waals surface area contributed by atoms with Gasteiger partial charge < -0.3 is 10.2 Å². The van der Waals surface area contributed by atoms with Gasteiger partial charge in [0.25, 0.3) is 5.91 Å². The van der Waals surface area contributed by atoms with Gasteiger partial charge in [-0.1, -0.05) is 11.6 Å². The van der Waals surface area contributed by atoms with Crippen molar-refractivity contribution in [1.82, 2.24) is 10.2 Å².